The maximum Gasteiger partial charge on any atom is 0.200 e. The lowest BCUT2D eigenvalue weighted by Crippen LogP contribution is -1.88. The van der Waals surface area contributed by atoms with Crippen LogP contribution in [0.1, 0.15) is 11.5 Å². The molecule has 3 heterocycles. The van der Waals surface area contributed by atoms with Gasteiger partial charge in [-0.25, -0.2) is 4.98 Å². The summed E-state index contributed by atoms with van der Waals surface area (Å²) in [4.78, 5) is 8.33. The predicted molar refractivity (Wildman–Crippen MR) is 63.3 cm³/mol. The lowest BCUT2D eigenvalue weighted by Gasteiger charge is -1.94. The highest BCUT2D eigenvalue weighted by molar-refractivity contribution is 7.15. The van der Waals surface area contributed by atoms with Gasteiger partial charge in [-0.05, 0) is 17.7 Å². The summed E-state index contributed by atoms with van der Waals surface area (Å²) >= 11 is 1.45. The molecular weight excluding hydrogens is 222 g/mol. The van der Waals surface area contributed by atoms with Gasteiger partial charge in [0, 0.05) is 24.2 Å². The fourth-order valence-corrected chi connectivity index (χ4v) is 2.21. The Morgan fingerprint density at radius 2 is 2.12 bits per heavy atom. The van der Waals surface area contributed by atoms with Crippen LogP contribution in [-0.4, -0.2) is 9.97 Å². The highest BCUT2D eigenvalue weighted by Gasteiger charge is 2.10. The molecule has 0 amide bonds. The normalized spacial score (nSPS) is 11.0. The number of oxazole rings is 1. The van der Waals surface area contributed by atoms with Gasteiger partial charge in [0.1, 0.15) is 10.5 Å². The first-order valence-electron chi connectivity index (χ1n) is 4.84. The van der Waals surface area contributed by atoms with Gasteiger partial charge in [-0.1, -0.05) is 0 Å². The van der Waals surface area contributed by atoms with Crippen molar-refractivity contribution in [2.45, 2.75) is 6.42 Å². The minimum atomic E-state index is 0.668. The molecular formula is C11H9N3OS. The van der Waals surface area contributed by atoms with E-state index >= 15 is 0 Å². The molecule has 3 aromatic rings. The lowest BCUT2D eigenvalue weighted by atomic mass is 10.2. The number of hydrogen-bond acceptors (Lipinski definition) is 5. The minimum Gasteiger partial charge on any atom is -0.439 e. The Morgan fingerprint density at radius 1 is 1.31 bits per heavy atom. The van der Waals surface area contributed by atoms with Crippen LogP contribution in [0.3, 0.4) is 0 Å². The Morgan fingerprint density at radius 3 is 2.88 bits per heavy atom. The standard InChI is InChI=1S/C11H9N3OS/c12-11-10-8(6-16-11)15-9(14-10)5-7-1-3-13-4-2-7/h1-4,6H,5,12H2. The number of hydrogen-bond donors (Lipinski definition) is 1. The van der Waals surface area contributed by atoms with E-state index in [0.29, 0.717) is 17.3 Å². The lowest BCUT2D eigenvalue weighted by molar-refractivity contribution is 0.544. The number of fused-ring (bicyclic) bond motifs is 1. The summed E-state index contributed by atoms with van der Waals surface area (Å²) in [5, 5.41) is 2.59. The van der Waals surface area contributed by atoms with E-state index in [9.17, 15) is 0 Å². The van der Waals surface area contributed by atoms with Crippen LogP contribution >= 0.6 is 11.3 Å². The fraction of sp³-hybridized carbons (Fsp3) is 0.0909. The van der Waals surface area contributed by atoms with Gasteiger partial charge in [-0.15, -0.1) is 11.3 Å². The average molecular weight is 231 g/mol. The van der Waals surface area contributed by atoms with Crippen LogP contribution in [0.4, 0.5) is 5.00 Å². The second-order valence-electron chi connectivity index (χ2n) is 3.45. The molecule has 3 aromatic heterocycles. The Labute approximate surface area is 95.7 Å². The van der Waals surface area contributed by atoms with Crippen molar-refractivity contribution in [3.8, 4) is 0 Å². The number of rotatable bonds is 2. The van der Waals surface area contributed by atoms with Crippen molar-refractivity contribution in [3.05, 3.63) is 41.4 Å². The molecule has 0 unspecified atom stereocenters. The molecule has 3 rings (SSSR count). The van der Waals surface area contributed by atoms with E-state index in [1.807, 2.05) is 17.5 Å². The Hall–Kier alpha value is -1.88. The summed E-state index contributed by atoms with van der Waals surface area (Å²) in [6.45, 7) is 0. The van der Waals surface area contributed by atoms with Crippen molar-refractivity contribution in [2.24, 2.45) is 0 Å². The monoisotopic (exact) mass is 231 g/mol. The number of thiophene rings is 1. The Kier molecular flexibility index (Phi) is 2.11. The van der Waals surface area contributed by atoms with Crippen molar-refractivity contribution in [1.29, 1.82) is 0 Å². The largest absolute Gasteiger partial charge is 0.439 e. The van der Waals surface area contributed by atoms with Crippen LogP contribution in [0.15, 0.2) is 34.3 Å². The van der Waals surface area contributed by atoms with Crippen LogP contribution in [0.5, 0.6) is 0 Å². The van der Waals surface area contributed by atoms with E-state index in [4.69, 9.17) is 10.2 Å². The highest BCUT2D eigenvalue weighted by Crippen LogP contribution is 2.28. The molecule has 0 bridgehead atoms. The topological polar surface area (TPSA) is 64.9 Å². The van der Waals surface area contributed by atoms with Gasteiger partial charge in [-0.2, -0.15) is 0 Å². The van der Waals surface area contributed by atoms with Crippen molar-refractivity contribution < 1.29 is 4.42 Å². The van der Waals surface area contributed by atoms with E-state index in [1.54, 1.807) is 12.4 Å². The molecule has 16 heavy (non-hydrogen) atoms. The average Bonchev–Trinajstić information content (AvgIpc) is 2.83. The van der Waals surface area contributed by atoms with Gasteiger partial charge in [0.25, 0.3) is 0 Å². The summed E-state index contributed by atoms with van der Waals surface area (Å²) in [6, 6.07) is 3.89. The smallest absolute Gasteiger partial charge is 0.200 e. The van der Waals surface area contributed by atoms with Gasteiger partial charge in [-0.3, -0.25) is 4.98 Å². The van der Waals surface area contributed by atoms with E-state index in [-0.39, 0.29) is 0 Å². The van der Waals surface area contributed by atoms with Gasteiger partial charge in [0.15, 0.2) is 11.5 Å². The molecule has 0 fully saturated rings. The molecule has 0 atom stereocenters. The number of nitrogen functional groups attached to an aromatic ring is 1. The SMILES string of the molecule is Nc1scc2oc(Cc3ccncc3)nc12. The number of aromatic nitrogens is 2. The Bertz CT molecular complexity index is 614. The molecule has 0 aliphatic carbocycles. The van der Waals surface area contributed by atoms with E-state index in [0.717, 1.165) is 16.7 Å². The third-order valence-corrected chi connectivity index (χ3v) is 3.11. The third-order valence-electron chi connectivity index (χ3n) is 2.33. The Balaban J connectivity index is 1.95. The predicted octanol–water partition coefficient (Wildman–Crippen LogP) is 2.46. The number of pyridine rings is 1. The number of nitrogens with two attached hydrogens (primary N) is 1. The van der Waals surface area contributed by atoms with Crippen LogP contribution in [0.2, 0.25) is 0 Å². The number of nitrogens with zero attached hydrogens (tertiary/aromatic N) is 2. The summed E-state index contributed by atoms with van der Waals surface area (Å²) in [7, 11) is 0. The molecule has 0 aliphatic rings. The summed E-state index contributed by atoms with van der Waals surface area (Å²) < 4.78 is 5.59. The van der Waals surface area contributed by atoms with Crippen molar-refractivity contribution in [1.82, 2.24) is 9.97 Å². The summed E-state index contributed by atoms with van der Waals surface area (Å²) in [5.74, 6) is 0.690. The second kappa shape index (κ2) is 3.61. The first-order chi connectivity index (χ1) is 7.83. The van der Waals surface area contributed by atoms with Gasteiger partial charge < -0.3 is 10.2 Å². The van der Waals surface area contributed by atoms with E-state index < -0.39 is 0 Å². The van der Waals surface area contributed by atoms with Crippen molar-refractivity contribution in [3.63, 3.8) is 0 Å². The number of anilines is 1. The molecule has 80 valence electrons. The van der Waals surface area contributed by atoms with E-state index in [1.165, 1.54) is 11.3 Å². The minimum absolute atomic E-state index is 0.668. The molecule has 0 saturated carbocycles. The third kappa shape index (κ3) is 1.55. The van der Waals surface area contributed by atoms with E-state index in [2.05, 4.69) is 9.97 Å². The molecule has 4 nitrogen and oxygen atoms in total. The molecule has 0 aromatic carbocycles. The zero-order valence-corrected chi connectivity index (χ0v) is 9.20. The first kappa shape index (κ1) is 9.35. The highest BCUT2D eigenvalue weighted by atomic mass is 32.1. The van der Waals surface area contributed by atoms with Crippen LogP contribution < -0.4 is 5.73 Å². The van der Waals surface area contributed by atoms with Crippen molar-refractivity contribution >= 4 is 27.4 Å². The van der Waals surface area contributed by atoms with Gasteiger partial charge in [0.05, 0.1) is 0 Å². The maximum absolute atomic E-state index is 5.77. The van der Waals surface area contributed by atoms with Crippen LogP contribution in [0.25, 0.3) is 11.1 Å². The molecule has 0 aliphatic heterocycles. The maximum atomic E-state index is 5.77. The van der Waals surface area contributed by atoms with Crippen molar-refractivity contribution in [2.75, 3.05) is 5.73 Å². The summed E-state index contributed by atoms with van der Waals surface area (Å²) in [6.07, 6.45) is 4.18. The zero-order chi connectivity index (χ0) is 11.0. The van der Waals surface area contributed by atoms with Gasteiger partial charge in [0.2, 0.25) is 0 Å². The van der Waals surface area contributed by atoms with Crippen LogP contribution in [-0.2, 0) is 6.42 Å². The van der Waals surface area contributed by atoms with Gasteiger partial charge >= 0.3 is 0 Å². The molecule has 0 spiro atoms. The fourth-order valence-electron chi connectivity index (χ4n) is 1.56. The molecule has 5 heteroatoms. The second-order valence-corrected chi connectivity index (χ2v) is 4.36. The van der Waals surface area contributed by atoms with Crippen LogP contribution in [0, 0.1) is 0 Å². The first-order valence-corrected chi connectivity index (χ1v) is 5.72. The zero-order valence-electron chi connectivity index (χ0n) is 8.38. The molecule has 0 saturated heterocycles. The quantitative estimate of drug-likeness (QED) is 0.735. The molecule has 2 N–H and O–H groups in total. The summed E-state index contributed by atoms with van der Waals surface area (Å²) in [5.41, 5.74) is 8.44. The molecule has 0 radical (unpaired) electrons.